The number of likely N-dealkylation sites (N-methyl/N-ethyl adjacent to an activating group) is 1. The van der Waals surface area contributed by atoms with E-state index in [0.717, 1.165) is 13.1 Å². The predicted octanol–water partition coefficient (Wildman–Crippen LogP) is 4.48. The molecular weight excluding hydrogens is 268 g/mol. The lowest BCUT2D eigenvalue weighted by Gasteiger charge is -2.36. The summed E-state index contributed by atoms with van der Waals surface area (Å²) in [7, 11) is 2.24. The van der Waals surface area contributed by atoms with E-state index < -0.39 is 0 Å². The molecule has 0 aliphatic rings. The zero-order valence-electron chi connectivity index (χ0n) is 15.7. The Morgan fingerprint density at radius 1 is 1.09 bits per heavy atom. The molecule has 1 aromatic rings. The third-order valence-corrected chi connectivity index (χ3v) is 4.15. The quantitative estimate of drug-likeness (QED) is 0.761. The number of hydrogen-bond donors (Lipinski definition) is 1. The molecule has 0 bridgehead atoms. The third-order valence-electron chi connectivity index (χ3n) is 4.15. The molecule has 0 saturated heterocycles. The van der Waals surface area contributed by atoms with Crippen LogP contribution in [0.4, 0.5) is 0 Å². The zero-order chi connectivity index (χ0) is 16.8. The molecular formula is C20H36N2. The Bertz CT molecular complexity index is 432. The van der Waals surface area contributed by atoms with Gasteiger partial charge in [0.1, 0.15) is 0 Å². The first-order chi connectivity index (χ1) is 10.2. The fourth-order valence-corrected chi connectivity index (χ4v) is 2.87. The Labute approximate surface area is 138 Å². The number of benzene rings is 1. The van der Waals surface area contributed by atoms with Crippen LogP contribution in [-0.2, 0) is 13.0 Å². The van der Waals surface area contributed by atoms with E-state index in [9.17, 15) is 0 Å². The highest BCUT2D eigenvalue weighted by molar-refractivity contribution is 5.27. The SMILES string of the molecule is CCCc1ccccc1CN(C)CC(NC(C)C)C(C)(C)C. The van der Waals surface area contributed by atoms with Gasteiger partial charge in [-0.05, 0) is 30.0 Å². The van der Waals surface area contributed by atoms with Crippen molar-refractivity contribution in [2.75, 3.05) is 13.6 Å². The van der Waals surface area contributed by atoms with Crippen LogP contribution in [0.15, 0.2) is 24.3 Å². The second kappa shape index (κ2) is 8.69. The maximum atomic E-state index is 3.73. The van der Waals surface area contributed by atoms with Crippen molar-refractivity contribution in [3.8, 4) is 0 Å². The third kappa shape index (κ3) is 6.50. The molecule has 0 amide bonds. The smallest absolute Gasteiger partial charge is 0.0245 e. The van der Waals surface area contributed by atoms with Crippen LogP contribution in [0.3, 0.4) is 0 Å². The van der Waals surface area contributed by atoms with Crippen LogP contribution < -0.4 is 5.32 Å². The van der Waals surface area contributed by atoms with Gasteiger partial charge in [-0.1, -0.05) is 72.2 Å². The molecule has 0 aromatic heterocycles. The average molecular weight is 305 g/mol. The first kappa shape index (κ1) is 19.2. The highest BCUT2D eigenvalue weighted by Gasteiger charge is 2.26. The van der Waals surface area contributed by atoms with Gasteiger partial charge in [-0.2, -0.15) is 0 Å². The van der Waals surface area contributed by atoms with E-state index in [2.05, 4.69) is 83.1 Å². The predicted molar refractivity (Wildman–Crippen MR) is 98.3 cm³/mol. The summed E-state index contributed by atoms with van der Waals surface area (Å²) < 4.78 is 0. The van der Waals surface area contributed by atoms with E-state index >= 15 is 0 Å². The van der Waals surface area contributed by atoms with Gasteiger partial charge in [-0.25, -0.2) is 0 Å². The molecule has 0 heterocycles. The van der Waals surface area contributed by atoms with Crippen molar-refractivity contribution in [2.24, 2.45) is 5.41 Å². The first-order valence-electron chi connectivity index (χ1n) is 8.75. The number of nitrogens with zero attached hydrogens (tertiary/aromatic N) is 1. The summed E-state index contributed by atoms with van der Waals surface area (Å²) >= 11 is 0. The first-order valence-corrected chi connectivity index (χ1v) is 8.75. The molecule has 126 valence electrons. The summed E-state index contributed by atoms with van der Waals surface area (Å²) in [6, 6.07) is 9.90. The average Bonchev–Trinajstić information content (AvgIpc) is 2.39. The minimum Gasteiger partial charge on any atom is -0.310 e. The summed E-state index contributed by atoms with van der Waals surface area (Å²) in [6.45, 7) is 15.8. The Hall–Kier alpha value is -0.860. The summed E-state index contributed by atoms with van der Waals surface area (Å²) in [6.07, 6.45) is 2.39. The van der Waals surface area contributed by atoms with Crippen LogP contribution in [0, 0.1) is 5.41 Å². The van der Waals surface area contributed by atoms with E-state index in [0.29, 0.717) is 12.1 Å². The van der Waals surface area contributed by atoms with Gasteiger partial charge in [0.2, 0.25) is 0 Å². The number of hydrogen-bond acceptors (Lipinski definition) is 2. The van der Waals surface area contributed by atoms with Gasteiger partial charge in [-0.15, -0.1) is 0 Å². The zero-order valence-corrected chi connectivity index (χ0v) is 15.7. The second-order valence-corrected chi connectivity index (χ2v) is 7.96. The van der Waals surface area contributed by atoms with E-state index in [1.165, 1.54) is 24.0 Å². The normalized spacial score (nSPS) is 13.9. The standard InChI is InChI=1S/C20H36N2/c1-8-11-17-12-9-10-13-18(17)14-22(7)15-19(20(4,5)6)21-16(2)3/h9-10,12-13,16,19,21H,8,11,14-15H2,1-7H3. The number of aryl methyl sites for hydroxylation is 1. The van der Waals surface area contributed by atoms with Crippen LogP contribution in [0.1, 0.15) is 59.1 Å². The molecule has 1 rings (SSSR count). The summed E-state index contributed by atoms with van der Waals surface area (Å²) in [5.41, 5.74) is 3.24. The van der Waals surface area contributed by atoms with Gasteiger partial charge in [0.05, 0.1) is 0 Å². The highest BCUT2D eigenvalue weighted by atomic mass is 15.1. The van der Waals surface area contributed by atoms with Gasteiger partial charge in [0, 0.05) is 25.2 Å². The van der Waals surface area contributed by atoms with Gasteiger partial charge in [-0.3, -0.25) is 0 Å². The van der Waals surface area contributed by atoms with E-state index in [-0.39, 0.29) is 5.41 Å². The topological polar surface area (TPSA) is 15.3 Å². The van der Waals surface area contributed by atoms with Crippen LogP contribution in [0.2, 0.25) is 0 Å². The Morgan fingerprint density at radius 2 is 1.68 bits per heavy atom. The van der Waals surface area contributed by atoms with Crippen LogP contribution >= 0.6 is 0 Å². The molecule has 0 aliphatic heterocycles. The van der Waals surface area contributed by atoms with Crippen molar-refractivity contribution in [2.45, 2.75) is 73.0 Å². The largest absolute Gasteiger partial charge is 0.310 e. The molecule has 1 aromatic carbocycles. The number of nitrogens with one attached hydrogen (secondary N) is 1. The molecule has 0 aliphatic carbocycles. The Morgan fingerprint density at radius 3 is 2.18 bits per heavy atom. The minimum absolute atomic E-state index is 0.265. The second-order valence-electron chi connectivity index (χ2n) is 7.96. The van der Waals surface area contributed by atoms with Gasteiger partial charge in [0.25, 0.3) is 0 Å². The monoisotopic (exact) mass is 304 g/mol. The molecule has 0 saturated carbocycles. The molecule has 1 N–H and O–H groups in total. The Kier molecular flexibility index (Phi) is 7.58. The van der Waals surface area contributed by atoms with Crippen molar-refractivity contribution in [1.82, 2.24) is 10.2 Å². The lowest BCUT2D eigenvalue weighted by Crippen LogP contribution is -2.50. The summed E-state index contributed by atoms with van der Waals surface area (Å²) in [5, 5.41) is 3.73. The summed E-state index contributed by atoms with van der Waals surface area (Å²) in [5.74, 6) is 0. The van der Waals surface area contributed by atoms with E-state index in [4.69, 9.17) is 0 Å². The molecule has 2 heteroatoms. The van der Waals surface area contributed by atoms with Gasteiger partial charge < -0.3 is 10.2 Å². The minimum atomic E-state index is 0.265. The van der Waals surface area contributed by atoms with Crippen molar-refractivity contribution in [3.63, 3.8) is 0 Å². The van der Waals surface area contributed by atoms with Crippen molar-refractivity contribution in [3.05, 3.63) is 35.4 Å². The van der Waals surface area contributed by atoms with Crippen molar-refractivity contribution >= 4 is 0 Å². The number of rotatable bonds is 8. The lowest BCUT2D eigenvalue weighted by molar-refractivity contribution is 0.181. The van der Waals surface area contributed by atoms with E-state index in [1.54, 1.807) is 0 Å². The van der Waals surface area contributed by atoms with Crippen molar-refractivity contribution in [1.29, 1.82) is 0 Å². The van der Waals surface area contributed by atoms with Crippen LogP contribution in [0.5, 0.6) is 0 Å². The molecule has 1 unspecified atom stereocenters. The lowest BCUT2D eigenvalue weighted by atomic mass is 9.86. The highest BCUT2D eigenvalue weighted by Crippen LogP contribution is 2.21. The maximum Gasteiger partial charge on any atom is 0.0245 e. The van der Waals surface area contributed by atoms with Crippen LogP contribution in [0.25, 0.3) is 0 Å². The molecule has 0 fully saturated rings. The molecule has 22 heavy (non-hydrogen) atoms. The molecule has 0 spiro atoms. The fourth-order valence-electron chi connectivity index (χ4n) is 2.87. The summed E-state index contributed by atoms with van der Waals surface area (Å²) in [4.78, 5) is 2.46. The van der Waals surface area contributed by atoms with Crippen molar-refractivity contribution < 1.29 is 0 Å². The maximum absolute atomic E-state index is 3.73. The molecule has 2 nitrogen and oxygen atoms in total. The van der Waals surface area contributed by atoms with Crippen LogP contribution in [-0.4, -0.2) is 30.6 Å². The van der Waals surface area contributed by atoms with Gasteiger partial charge in [0.15, 0.2) is 0 Å². The van der Waals surface area contributed by atoms with E-state index in [1.807, 2.05) is 0 Å². The van der Waals surface area contributed by atoms with Gasteiger partial charge >= 0.3 is 0 Å². The Balaban J connectivity index is 2.73. The molecule has 1 atom stereocenters. The fraction of sp³-hybridized carbons (Fsp3) is 0.700. The molecule has 0 radical (unpaired) electrons.